The van der Waals surface area contributed by atoms with Gasteiger partial charge in [0.15, 0.2) is 11.6 Å². The minimum atomic E-state index is 0.673. The third-order valence-corrected chi connectivity index (χ3v) is 18.6. The number of hydrogen-bond donors (Lipinski definition) is 0. The smallest absolute Gasteiger partial charge is 0.160 e. The second kappa shape index (κ2) is 25.5. The van der Waals surface area contributed by atoms with Crippen LogP contribution in [0.4, 0.5) is 0 Å². The Bertz CT molecular complexity index is 6150. The molecule has 0 saturated carbocycles. The van der Waals surface area contributed by atoms with Gasteiger partial charge in [-0.3, -0.25) is 0 Å². The maximum Gasteiger partial charge on any atom is 0.160 e. The second-order valence-electron chi connectivity index (χ2n) is 24.8. The molecule has 0 unspecified atom stereocenters. The summed E-state index contributed by atoms with van der Waals surface area (Å²) in [4.78, 5) is 30.8. The Morgan fingerprint density at radius 1 is 0.190 bits per heavy atom. The van der Waals surface area contributed by atoms with Crippen LogP contribution in [0.25, 0.3) is 189 Å². The number of fused-ring (bicyclic) bond motifs is 10. The molecule has 0 N–H and O–H groups in total. The molecule has 0 atom stereocenters. The van der Waals surface area contributed by atoms with Crippen LogP contribution in [0, 0.1) is 0 Å². The Labute approximate surface area is 576 Å². The van der Waals surface area contributed by atoms with Crippen LogP contribution in [0.2, 0.25) is 0 Å². The van der Waals surface area contributed by atoms with Gasteiger partial charge in [0.05, 0.1) is 66.7 Å². The molecule has 0 aliphatic heterocycles. The normalized spacial score (nSPS) is 11.4. The molecule has 0 radical (unpaired) electrons. The Morgan fingerprint density at radius 2 is 0.470 bits per heavy atom. The van der Waals surface area contributed by atoms with E-state index < -0.39 is 0 Å². The first-order chi connectivity index (χ1) is 49.6. The summed E-state index contributed by atoms with van der Waals surface area (Å²) in [5, 5.41) is 6.17. The number of furan rings is 2. The SMILES string of the molecule is c1ccc(-c2cc(-c3ccccc3)nc(-c3ccc(-c4cccc5nc(-c6ccccc6)c6c7ccccc7oc6c45)cc3)n2)cc1.c1ccc(-c2ccc(-c3cc(-c4ccccc4)nc(-c4ccc(-c5cccc6nc(-c7ccccc7)c7c8ccccc8oc7c56)cc4)n3)cc2)cc1. The molecule has 6 aromatic heterocycles. The predicted octanol–water partition coefficient (Wildman–Crippen LogP) is 24.2. The van der Waals surface area contributed by atoms with E-state index in [0.29, 0.717) is 11.6 Å². The first-order valence-corrected chi connectivity index (χ1v) is 33.5. The molecule has 0 bridgehead atoms. The van der Waals surface area contributed by atoms with Gasteiger partial charge in [-0.25, -0.2) is 29.9 Å². The van der Waals surface area contributed by atoms with Gasteiger partial charge in [0.1, 0.15) is 22.3 Å². The van der Waals surface area contributed by atoms with Crippen LogP contribution >= 0.6 is 0 Å². The fraction of sp³-hybridized carbons (Fsp3) is 0. The van der Waals surface area contributed by atoms with Crippen molar-refractivity contribution in [1.82, 2.24) is 29.9 Å². The Hall–Kier alpha value is -13.6. The number of benzene rings is 13. The van der Waals surface area contributed by atoms with E-state index in [9.17, 15) is 0 Å². The quantitative estimate of drug-likeness (QED) is 0.126. The van der Waals surface area contributed by atoms with Crippen molar-refractivity contribution in [3.05, 3.63) is 352 Å². The van der Waals surface area contributed by atoms with Crippen molar-refractivity contribution in [2.45, 2.75) is 0 Å². The summed E-state index contributed by atoms with van der Waals surface area (Å²) >= 11 is 0. The lowest BCUT2D eigenvalue weighted by Gasteiger charge is -2.12. The molecule has 468 valence electrons. The van der Waals surface area contributed by atoms with Crippen molar-refractivity contribution in [3.63, 3.8) is 0 Å². The first-order valence-electron chi connectivity index (χ1n) is 33.5. The van der Waals surface area contributed by atoms with Crippen LogP contribution in [0.5, 0.6) is 0 Å². The Balaban J connectivity index is 0.000000145. The van der Waals surface area contributed by atoms with Crippen molar-refractivity contribution in [2.75, 3.05) is 0 Å². The highest BCUT2D eigenvalue weighted by atomic mass is 16.3. The molecule has 13 aromatic carbocycles. The Kier molecular flexibility index (Phi) is 15.1. The van der Waals surface area contributed by atoms with Crippen molar-refractivity contribution >= 4 is 65.7 Å². The summed E-state index contributed by atoms with van der Waals surface area (Å²) < 4.78 is 13.3. The molecular weight excluding hydrogens is 1220 g/mol. The van der Waals surface area contributed by atoms with Gasteiger partial charge in [-0.1, -0.05) is 315 Å². The number of pyridine rings is 2. The van der Waals surface area contributed by atoms with Crippen LogP contribution < -0.4 is 0 Å². The molecular formula is C92H58N6O2. The Morgan fingerprint density at radius 3 is 0.840 bits per heavy atom. The van der Waals surface area contributed by atoms with E-state index in [0.717, 1.165) is 167 Å². The lowest BCUT2D eigenvalue weighted by molar-refractivity contribution is 0.672. The molecule has 0 amide bonds. The van der Waals surface area contributed by atoms with Crippen molar-refractivity contribution < 1.29 is 8.83 Å². The maximum absolute atomic E-state index is 6.67. The summed E-state index contributed by atoms with van der Waals surface area (Å²) in [5.74, 6) is 1.36. The number of hydrogen-bond acceptors (Lipinski definition) is 8. The van der Waals surface area contributed by atoms with Gasteiger partial charge in [0, 0.05) is 55.3 Å². The second-order valence-corrected chi connectivity index (χ2v) is 24.8. The zero-order valence-electron chi connectivity index (χ0n) is 54.0. The third-order valence-electron chi connectivity index (χ3n) is 18.6. The van der Waals surface area contributed by atoms with E-state index in [1.54, 1.807) is 0 Å². The average Bonchev–Trinajstić information content (AvgIpc) is 1.54. The molecule has 100 heavy (non-hydrogen) atoms. The van der Waals surface area contributed by atoms with Gasteiger partial charge in [0.25, 0.3) is 0 Å². The van der Waals surface area contributed by atoms with E-state index in [1.807, 2.05) is 97.1 Å². The van der Waals surface area contributed by atoms with Gasteiger partial charge in [-0.15, -0.1) is 0 Å². The molecule has 0 aliphatic carbocycles. The molecule has 19 rings (SSSR count). The average molecular weight is 1280 g/mol. The molecule has 6 heterocycles. The third kappa shape index (κ3) is 11.1. The largest absolute Gasteiger partial charge is 0.455 e. The monoisotopic (exact) mass is 1280 g/mol. The number of para-hydroxylation sites is 2. The van der Waals surface area contributed by atoms with Crippen LogP contribution in [0.1, 0.15) is 0 Å². The first kappa shape index (κ1) is 59.0. The highest BCUT2D eigenvalue weighted by Gasteiger charge is 2.23. The van der Waals surface area contributed by atoms with Gasteiger partial charge in [-0.2, -0.15) is 0 Å². The van der Waals surface area contributed by atoms with Gasteiger partial charge < -0.3 is 8.83 Å². The topological polar surface area (TPSA) is 104 Å². The van der Waals surface area contributed by atoms with Crippen molar-refractivity contribution in [2.24, 2.45) is 0 Å². The zero-order chi connectivity index (χ0) is 66.3. The summed E-state index contributed by atoms with van der Waals surface area (Å²) in [6.07, 6.45) is 0. The molecule has 0 aliphatic rings. The zero-order valence-corrected chi connectivity index (χ0v) is 54.0. The molecule has 19 aromatic rings. The number of aromatic nitrogens is 6. The molecule has 0 saturated heterocycles. The van der Waals surface area contributed by atoms with Gasteiger partial charge in [-0.05, 0) is 69.8 Å². The lowest BCUT2D eigenvalue weighted by Crippen LogP contribution is -1.96. The van der Waals surface area contributed by atoms with E-state index >= 15 is 0 Å². The predicted molar refractivity (Wildman–Crippen MR) is 409 cm³/mol. The highest BCUT2D eigenvalue weighted by molar-refractivity contribution is 6.23. The van der Waals surface area contributed by atoms with Crippen LogP contribution in [-0.4, -0.2) is 29.9 Å². The van der Waals surface area contributed by atoms with Gasteiger partial charge in [0.2, 0.25) is 0 Å². The summed E-state index contributed by atoms with van der Waals surface area (Å²) in [7, 11) is 0. The minimum absolute atomic E-state index is 0.673. The maximum atomic E-state index is 6.67. The molecule has 8 nitrogen and oxygen atoms in total. The molecule has 8 heteroatoms. The van der Waals surface area contributed by atoms with Crippen LogP contribution in [0.15, 0.2) is 361 Å². The van der Waals surface area contributed by atoms with E-state index in [4.69, 9.17) is 38.7 Å². The van der Waals surface area contributed by atoms with E-state index in [2.05, 4.69) is 255 Å². The van der Waals surface area contributed by atoms with E-state index in [-0.39, 0.29) is 0 Å². The van der Waals surface area contributed by atoms with Crippen molar-refractivity contribution in [3.8, 4) is 124 Å². The fourth-order valence-corrected chi connectivity index (χ4v) is 13.7. The molecule has 0 fully saturated rings. The van der Waals surface area contributed by atoms with Gasteiger partial charge >= 0.3 is 0 Å². The number of nitrogens with zero attached hydrogens (tertiary/aromatic N) is 6. The highest BCUT2D eigenvalue weighted by Crippen LogP contribution is 2.45. The van der Waals surface area contributed by atoms with Crippen LogP contribution in [0.3, 0.4) is 0 Å². The fourth-order valence-electron chi connectivity index (χ4n) is 13.7. The standard InChI is InChI=1S/C49H31N3O.C43H27N3O/c1-4-13-32(14-5-1)33-23-27-36(28-24-33)43-31-42(35-15-6-2-7-16-35)51-49(52-43)38-29-25-34(26-30-38)39-20-12-21-41-45(39)48-46(40-19-10-11-22-44(40)53-48)47(50-41)37-17-8-3-9-18-37;1-4-13-29(14-5-1)36-27-37(30-15-6-2-7-16-30)46-43(45-36)32-25-23-28(24-26-32)33-20-12-21-35-39(33)42-40(34-19-10-11-22-38(34)47-42)41(44-35)31-17-8-3-9-18-31/h1-31H;1-27H. The summed E-state index contributed by atoms with van der Waals surface area (Å²) in [6.45, 7) is 0. The minimum Gasteiger partial charge on any atom is -0.455 e. The van der Waals surface area contributed by atoms with E-state index in [1.165, 1.54) is 11.1 Å². The van der Waals surface area contributed by atoms with Crippen LogP contribution in [-0.2, 0) is 0 Å². The summed E-state index contributed by atoms with van der Waals surface area (Å²) in [6, 6.07) is 121. The molecule has 0 spiro atoms. The lowest BCUT2D eigenvalue weighted by atomic mass is 9.96. The number of rotatable bonds is 11. The van der Waals surface area contributed by atoms with Crippen molar-refractivity contribution in [1.29, 1.82) is 0 Å². The summed E-state index contributed by atoms with van der Waals surface area (Å²) in [5.41, 5.74) is 25.4.